The zero-order valence-corrected chi connectivity index (χ0v) is 9.58. The van der Waals surface area contributed by atoms with Gasteiger partial charge in [-0.15, -0.1) is 0 Å². The highest BCUT2D eigenvalue weighted by Crippen LogP contribution is 2.32. The molecule has 18 heavy (non-hydrogen) atoms. The second-order valence-electron chi connectivity index (χ2n) is 3.45. The molecule has 0 aliphatic rings. The van der Waals surface area contributed by atoms with Crippen molar-refractivity contribution < 1.29 is 27.4 Å². The Balaban J connectivity index is 3.03. The minimum absolute atomic E-state index is 0.0734. The van der Waals surface area contributed by atoms with E-state index in [0.717, 1.165) is 12.1 Å². The van der Waals surface area contributed by atoms with E-state index in [1.807, 2.05) is 0 Å². The smallest absolute Gasteiger partial charge is 0.416 e. The first kappa shape index (κ1) is 14.3. The third-order valence-corrected chi connectivity index (χ3v) is 2.07. The van der Waals surface area contributed by atoms with E-state index in [4.69, 9.17) is 15.2 Å². The fraction of sp³-hybridized carbons (Fsp3) is 0.364. The minimum atomic E-state index is -4.56. The summed E-state index contributed by atoms with van der Waals surface area (Å²) in [4.78, 5) is 10.9. The lowest BCUT2D eigenvalue weighted by molar-refractivity contribution is -0.137. The first-order chi connectivity index (χ1) is 8.34. The molecule has 2 N–H and O–H groups in total. The number of hydrogen-bond acceptors (Lipinski definition) is 3. The van der Waals surface area contributed by atoms with Gasteiger partial charge in [0.15, 0.2) is 0 Å². The zero-order chi connectivity index (χ0) is 13.8. The Morgan fingerprint density at radius 1 is 1.28 bits per heavy atom. The van der Waals surface area contributed by atoms with E-state index in [2.05, 4.69) is 0 Å². The maximum absolute atomic E-state index is 12.6. The van der Waals surface area contributed by atoms with Crippen LogP contribution in [0.5, 0.6) is 5.75 Å². The largest absolute Gasteiger partial charge is 0.491 e. The quantitative estimate of drug-likeness (QED) is 0.824. The highest BCUT2D eigenvalue weighted by Gasteiger charge is 2.31. The summed E-state index contributed by atoms with van der Waals surface area (Å²) >= 11 is 0. The van der Waals surface area contributed by atoms with Crippen molar-refractivity contribution in [3.8, 4) is 5.75 Å². The van der Waals surface area contributed by atoms with E-state index in [-0.39, 0.29) is 24.5 Å². The van der Waals surface area contributed by atoms with Crippen molar-refractivity contribution >= 4 is 5.91 Å². The molecular formula is C11H12F3NO3. The molecule has 0 saturated heterocycles. The highest BCUT2D eigenvalue weighted by atomic mass is 19.4. The Morgan fingerprint density at radius 3 is 2.44 bits per heavy atom. The molecule has 0 unspecified atom stereocenters. The third kappa shape index (κ3) is 3.92. The van der Waals surface area contributed by atoms with Crippen molar-refractivity contribution in [1.82, 2.24) is 0 Å². The summed E-state index contributed by atoms with van der Waals surface area (Å²) in [6.07, 6.45) is -4.56. The van der Waals surface area contributed by atoms with Crippen molar-refractivity contribution in [2.24, 2.45) is 5.73 Å². The predicted octanol–water partition coefficient (Wildman–Crippen LogP) is 1.83. The number of rotatable bonds is 5. The third-order valence-electron chi connectivity index (χ3n) is 2.07. The minimum Gasteiger partial charge on any atom is -0.491 e. The van der Waals surface area contributed by atoms with Crippen LogP contribution in [-0.2, 0) is 10.9 Å². The average Bonchev–Trinajstić information content (AvgIpc) is 2.28. The van der Waals surface area contributed by atoms with Crippen LogP contribution in [0.4, 0.5) is 13.2 Å². The molecule has 0 saturated carbocycles. The lowest BCUT2D eigenvalue weighted by atomic mass is 10.1. The maximum Gasteiger partial charge on any atom is 0.416 e. The van der Waals surface area contributed by atoms with Crippen molar-refractivity contribution in [2.75, 3.05) is 20.3 Å². The van der Waals surface area contributed by atoms with Gasteiger partial charge in [-0.2, -0.15) is 13.2 Å². The second-order valence-corrected chi connectivity index (χ2v) is 3.45. The summed E-state index contributed by atoms with van der Waals surface area (Å²) in [5, 5.41) is 0. The number of carbonyl (C=O) groups is 1. The highest BCUT2D eigenvalue weighted by molar-refractivity contribution is 5.93. The topological polar surface area (TPSA) is 61.6 Å². The van der Waals surface area contributed by atoms with Gasteiger partial charge >= 0.3 is 6.18 Å². The number of amides is 1. The van der Waals surface area contributed by atoms with Crippen molar-refractivity contribution in [1.29, 1.82) is 0 Å². The molecule has 7 heteroatoms. The standard InChI is InChI=1S/C11H12F3NO3/c1-17-2-3-18-9-5-7(10(15)16)4-8(6-9)11(12,13)14/h4-6H,2-3H2,1H3,(H2,15,16). The molecule has 0 spiro atoms. The fourth-order valence-electron chi connectivity index (χ4n) is 1.23. The number of primary amides is 1. The van der Waals surface area contributed by atoms with Crippen molar-refractivity contribution in [2.45, 2.75) is 6.18 Å². The van der Waals surface area contributed by atoms with Crippen LogP contribution >= 0.6 is 0 Å². The predicted molar refractivity (Wildman–Crippen MR) is 57.3 cm³/mol. The first-order valence-electron chi connectivity index (χ1n) is 4.98. The van der Waals surface area contributed by atoms with E-state index >= 15 is 0 Å². The summed E-state index contributed by atoms with van der Waals surface area (Å²) in [7, 11) is 1.43. The second kappa shape index (κ2) is 5.72. The number of carbonyl (C=O) groups excluding carboxylic acids is 1. The number of nitrogens with two attached hydrogens (primary N) is 1. The van der Waals surface area contributed by atoms with Crippen LogP contribution in [0.25, 0.3) is 0 Å². The van der Waals surface area contributed by atoms with Crippen LogP contribution in [0.15, 0.2) is 18.2 Å². The molecule has 0 aliphatic carbocycles. The molecule has 0 radical (unpaired) electrons. The van der Waals surface area contributed by atoms with Gasteiger partial charge in [-0.05, 0) is 18.2 Å². The van der Waals surface area contributed by atoms with Gasteiger partial charge in [0.1, 0.15) is 12.4 Å². The van der Waals surface area contributed by atoms with Crippen molar-refractivity contribution in [3.05, 3.63) is 29.3 Å². The lowest BCUT2D eigenvalue weighted by Gasteiger charge is -2.11. The molecule has 0 atom stereocenters. The number of benzene rings is 1. The van der Waals surface area contributed by atoms with Crippen LogP contribution in [0.2, 0.25) is 0 Å². The van der Waals surface area contributed by atoms with E-state index in [0.29, 0.717) is 6.07 Å². The van der Waals surface area contributed by atoms with E-state index in [1.165, 1.54) is 7.11 Å². The first-order valence-corrected chi connectivity index (χ1v) is 4.98. The van der Waals surface area contributed by atoms with Gasteiger partial charge in [0.25, 0.3) is 0 Å². The molecule has 1 rings (SSSR count). The Hall–Kier alpha value is -1.76. The van der Waals surface area contributed by atoms with Gasteiger partial charge in [0.2, 0.25) is 5.91 Å². The SMILES string of the molecule is COCCOc1cc(C(N)=O)cc(C(F)(F)F)c1. The molecule has 0 fully saturated rings. The number of ether oxygens (including phenoxy) is 2. The molecule has 0 heterocycles. The Kier molecular flexibility index (Phi) is 4.55. The molecule has 0 aliphatic heterocycles. The zero-order valence-electron chi connectivity index (χ0n) is 9.58. The molecule has 1 aromatic rings. The van der Waals surface area contributed by atoms with E-state index in [1.54, 1.807) is 0 Å². The molecule has 0 aromatic heterocycles. The van der Waals surface area contributed by atoms with Crippen LogP contribution in [0, 0.1) is 0 Å². The number of alkyl halides is 3. The lowest BCUT2D eigenvalue weighted by Crippen LogP contribution is -2.14. The number of methoxy groups -OCH3 is 1. The number of halogens is 3. The number of hydrogen-bond donors (Lipinski definition) is 1. The van der Waals surface area contributed by atoms with Gasteiger partial charge in [0.05, 0.1) is 12.2 Å². The van der Waals surface area contributed by atoms with Gasteiger partial charge in [0, 0.05) is 12.7 Å². The van der Waals surface area contributed by atoms with Crippen molar-refractivity contribution in [3.63, 3.8) is 0 Å². The summed E-state index contributed by atoms with van der Waals surface area (Å²) in [6.45, 7) is 0.304. The monoisotopic (exact) mass is 263 g/mol. The van der Waals surface area contributed by atoms with E-state index < -0.39 is 17.6 Å². The molecular weight excluding hydrogens is 251 g/mol. The van der Waals surface area contributed by atoms with Crippen LogP contribution < -0.4 is 10.5 Å². The normalized spacial score (nSPS) is 11.3. The Morgan fingerprint density at radius 2 is 1.94 bits per heavy atom. The van der Waals surface area contributed by atoms with Gasteiger partial charge in [-0.25, -0.2) is 0 Å². The van der Waals surface area contributed by atoms with Crippen LogP contribution in [0.3, 0.4) is 0 Å². The molecule has 1 amide bonds. The Bertz CT molecular complexity index is 432. The van der Waals surface area contributed by atoms with Gasteiger partial charge in [-0.1, -0.05) is 0 Å². The molecule has 4 nitrogen and oxygen atoms in total. The van der Waals surface area contributed by atoms with Crippen LogP contribution in [0.1, 0.15) is 15.9 Å². The molecule has 1 aromatic carbocycles. The summed E-state index contributed by atoms with van der Waals surface area (Å²) in [6, 6.07) is 2.65. The fourth-order valence-corrected chi connectivity index (χ4v) is 1.23. The summed E-state index contributed by atoms with van der Waals surface area (Å²) in [5.41, 5.74) is 3.73. The van der Waals surface area contributed by atoms with Gasteiger partial charge in [-0.3, -0.25) is 4.79 Å². The molecule has 100 valence electrons. The van der Waals surface area contributed by atoms with Crippen LogP contribution in [-0.4, -0.2) is 26.2 Å². The summed E-state index contributed by atoms with van der Waals surface area (Å²) in [5.74, 6) is -1.02. The Labute approximate surface area is 101 Å². The van der Waals surface area contributed by atoms with Gasteiger partial charge < -0.3 is 15.2 Å². The summed E-state index contributed by atoms with van der Waals surface area (Å²) < 4.78 is 47.4. The molecule has 0 bridgehead atoms. The maximum atomic E-state index is 12.6. The van der Waals surface area contributed by atoms with E-state index in [9.17, 15) is 18.0 Å². The average molecular weight is 263 g/mol.